The number of carbonyl (C=O) groups is 2. The van der Waals surface area contributed by atoms with Crippen LogP contribution in [0.4, 0.5) is 0 Å². The third-order valence-corrected chi connectivity index (χ3v) is 3.61. The minimum absolute atomic E-state index is 0.110. The lowest BCUT2D eigenvalue weighted by atomic mass is 9.88. The molecule has 0 unspecified atom stereocenters. The van der Waals surface area contributed by atoms with Gasteiger partial charge in [0.1, 0.15) is 0 Å². The van der Waals surface area contributed by atoms with E-state index in [9.17, 15) is 20.1 Å². The summed E-state index contributed by atoms with van der Waals surface area (Å²) in [7, 11) is 0. The molecule has 0 N–H and O–H groups in total. The van der Waals surface area contributed by atoms with Gasteiger partial charge in [-0.2, -0.15) is 10.5 Å². The fraction of sp³-hybridized carbons (Fsp3) is 0.200. The molecule has 0 aliphatic rings. The first-order valence-electron chi connectivity index (χ1n) is 7.99. The van der Waals surface area contributed by atoms with Crippen LogP contribution in [0.1, 0.15) is 45.7 Å². The van der Waals surface area contributed by atoms with Crippen LogP contribution >= 0.6 is 0 Å². The summed E-state index contributed by atoms with van der Waals surface area (Å²) < 4.78 is 10.1. The fourth-order valence-electron chi connectivity index (χ4n) is 2.59. The highest BCUT2D eigenvalue weighted by Gasteiger charge is 2.25. The van der Waals surface area contributed by atoms with E-state index >= 15 is 0 Å². The predicted molar refractivity (Wildman–Crippen MR) is 93.2 cm³/mol. The van der Waals surface area contributed by atoms with Crippen LogP contribution in [0.2, 0.25) is 0 Å². The SMILES string of the molecule is CCOC(=O)c1cccc(C#N)c1-c1c(C#N)cccc1C(=O)OCC. The van der Waals surface area contributed by atoms with Crippen LogP contribution in [-0.4, -0.2) is 25.2 Å². The van der Waals surface area contributed by atoms with Crippen molar-refractivity contribution < 1.29 is 19.1 Å². The van der Waals surface area contributed by atoms with Crippen LogP contribution in [0, 0.1) is 22.7 Å². The van der Waals surface area contributed by atoms with Gasteiger partial charge >= 0.3 is 11.9 Å². The molecule has 0 heterocycles. The molecule has 0 radical (unpaired) electrons. The number of benzene rings is 2. The largest absolute Gasteiger partial charge is 0.462 e. The Morgan fingerprint density at radius 3 is 1.50 bits per heavy atom. The van der Waals surface area contributed by atoms with E-state index in [4.69, 9.17) is 9.47 Å². The van der Waals surface area contributed by atoms with Crippen molar-refractivity contribution in [2.24, 2.45) is 0 Å². The maximum Gasteiger partial charge on any atom is 0.338 e. The van der Waals surface area contributed by atoms with Gasteiger partial charge in [0.2, 0.25) is 0 Å². The molecule has 6 heteroatoms. The van der Waals surface area contributed by atoms with Crippen LogP contribution in [-0.2, 0) is 9.47 Å². The molecule has 0 fully saturated rings. The zero-order valence-electron chi connectivity index (χ0n) is 14.4. The van der Waals surface area contributed by atoms with Crippen molar-refractivity contribution in [3.05, 3.63) is 58.7 Å². The molecule has 0 saturated heterocycles. The summed E-state index contributed by atoms with van der Waals surface area (Å²) in [5.41, 5.74) is 0.910. The van der Waals surface area contributed by atoms with Crippen molar-refractivity contribution in [1.82, 2.24) is 0 Å². The van der Waals surface area contributed by atoms with Crippen molar-refractivity contribution in [2.75, 3.05) is 13.2 Å². The molecule has 0 aliphatic heterocycles. The van der Waals surface area contributed by atoms with E-state index in [-0.39, 0.29) is 46.6 Å². The van der Waals surface area contributed by atoms with E-state index < -0.39 is 11.9 Å². The van der Waals surface area contributed by atoms with Gasteiger partial charge < -0.3 is 9.47 Å². The second-order valence-corrected chi connectivity index (χ2v) is 5.12. The molecule has 2 aromatic carbocycles. The van der Waals surface area contributed by atoms with Crippen LogP contribution < -0.4 is 0 Å². The lowest BCUT2D eigenvalue weighted by Gasteiger charge is -2.15. The molecule has 130 valence electrons. The molecule has 2 aromatic rings. The quantitative estimate of drug-likeness (QED) is 0.767. The van der Waals surface area contributed by atoms with Crippen LogP contribution in [0.25, 0.3) is 11.1 Å². The first kappa shape index (κ1) is 18.7. The molecule has 0 aliphatic carbocycles. The number of hydrogen-bond acceptors (Lipinski definition) is 6. The Morgan fingerprint density at radius 2 is 1.19 bits per heavy atom. The van der Waals surface area contributed by atoms with E-state index in [0.717, 1.165) is 0 Å². The summed E-state index contributed by atoms with van der Waals surface area (Å²) in [6.07, 6.45) is 0. The highest BCUT2D eigenvalue weighted by Crippen LogP contribution is 2.34. The van der Waals surface area contributed by atoms with Gasteiger partial charge in [-0.05, 0) is 38.1 Å². The standard InChI is InChI=1S/C20H16N2O4/c1-3-25-19(23)15-9-5-7-13(11-21)17(15)18-14(12-22)8-6-10-16(18)20(24)26-4-2/h5-10H,3-4H2,1-2H3. The van der Waals surface area contributed by atoms with Gasteiger partial charge in [-0.15, -0.1) is 0 Å². The van der Waals surface area contributed by atoms with Gasteiger partial charge in [0.15, 0.2) is 0 Å². The van der Waals surface area contributed by atoms with Crippen molar-refractivity contribution in [3.8, 4) is 23.3 Å². The van der Waals surface area contributed by atoms with Crippen molar-refractivity contribution in [2.45, 2.75) is 13.8 Å². The Kier molecular flexibility index (Phi) is 6.08. The number of nitrogens with zero attached hydrogens (tertiary/aromatic N) is 2. The van der Waals surface area contributed by atoms with E-state index in [1.54, 1.807) is 26.0 Å². The topological polar surface area (TPSA) is 100 Å². The van der Waals surface area contributed by atoms with Gasteiger partial charge in [0.05, 0.1) is 47.6 Å². The summed E-state index contributed by atoms with van der Waals surface area (Å²) >= 11 is 0. The summed E-state index contributed by atoms with van der Waals surface area (Å²) in [4.78, 5) is 24.8. The Hall–Kier alpha value is -3.64. The van der Waals surface area contributed by atoms with Gasteiger partial charge in [-0.3, -0.25) is 0 Å². The lowest BCUT2D eigenvalue weighted by molar-refractivity contribution is 0.0515. The highest BCUT2D eigenvalue weighted by molar-refractivity contribution is 6.05. The van der Waals surface area contributed by atoms with Crippen molar-refractivity contribution >= 4 is 11.9 Å². The van der Waals surface area contributed by atoms with Gasteiger partial charge in [-0.1, -0.05) is 12.1 Å². The molecule has 6 nitrogen and oxygen atoms in total. The van der Waals surface area contributed by atoms with Gasteiger partial charge in [0.25, 0.3) is 0 Å². The molecular formula is C20H16N2O4. The number of nitriles is 2. The number of carbonyl (C=O) groups excluding carboxylic acids is 2. The Morgan fingerprint density at radius 1 is 0.808 bits per heavy atom. The molecule has 2 rings (SSSR count). The summed E-state index contributed by atoms with van der Waals surface area (Å²) in [6.45, 7) is 3.64. The zero-order chi connectivity index (χ0) is 19.1. The summed E-state index contributed by atoms with van der Waals surface area (Å²) in [5.74, 6) is -1.27. The molecule has 0 atom stereocenters. The van der Waals surface area contributed by atoms with Crippen LogP contribution in [0.5, 0.6) is 0 Å². The normalized spacial score (nSPS) is 9.69. The van der Waals surface area contributed by atoms with Crippen molar-refractivity contribution in [1.29, 1.82) is 10.5 Å². The van der Waals surface area contributed by atoms with E-state index in [1.165, 1.54) is 24.3 Å². The number of ether oxygens (including phenoxy) is 2. The van der Waals surface area contributed by atoms with Gasteiger partial charge in [0, 0.05) is 11.1 Å². The second kappa shape index (κ2) is 8.46. The number of rotatable bonds is 5. The maximum atomic E-state index is 12.4. The molecule has 0 saturated carbocycles. The fourth-order valence-corrected chi connectivity index (χ4v) is 2.59. The Balaban J connectivity index is 2.88. The number of hydrogen-bond donors (Lipinski definition) is 0. The average Bonchev–Trinajstić information content (AvgIpc) is 2.67. The third-order valence-electron chi connectivity index (χ3n) is 3.61. The van der Waals surface area contributed by atoms with E-state index in [2.05, 4.69) is 0 Å². The lowest BCUT2D eigenvalue weighted by Crippen LogP contribution is -2.12. The average molecular weight is 348 g/mol. The Bertz CT molecular complexity index is 858. The third kappa shape index (κ3) is 3.55. The molecule has 0 amide bonds. The minimum Gasteiger partial charge on any atom is -0.462 e. The molecule has 0 spiro atoms. The monoisotopic (exact) mass is 348 g/mol. The minimum atomic E-state index is -0.637. The smallest absolute Gasteiger partial charge is 0.338 e. The zero-order valence-corrected chi connectivity index (χ0v) is 14.4. The van der Waals surface area contributed by atoms with Crippen LogP contribution in [0.3, 0.4) is 0 Å². The first-order valence-corrected chi connectivity index (χ1v) is 7.99. The summed E-state index contributed by atoms with van der Waals surface area (Å²) in [6, 6.07) is 13.1. The van der Waals surface area contributed by atoms with E-state index in [0.29, 0.717) is 0 Å². The predicted octanol–water partition coefficient (Wildman–Crippen LogP) is 3.45. The molecular weight excluding hydrogens is 332 g/mol. The van der Waals surface area contributed by atoms with E-state index in [1.807, 2.05) is 12.1 Å². The number of esters is 2. The first-order chi connectivity index (χ1) is 12.6. The van der Waals surface area contributed by atoms with Gasteiger partial charge in [-0.25, -0.2) is 9.59 Å². The van der Waals surface area contributed by atoms with Crippen LogP contribution in [0.15, 0.2) is 36.4 Å². The molecule has 0 bridgehead atoms. The summed E-state index contributed by atoms with van der Waals surface area (Å²) in [5, 5.41) is 19.0. The molecule has 26 heavy (non-hydrogen) atoms. The Labute approximate surface area is 151 Å². The second-order valence-electron chi connectivity index (χ2n) is 5.12. The maximum absolute atomic E-state index is 12.4. The highest BCUT2D eigenvalue weighted by atomic mass is 16.5. The molecule has 0 aromatic heterocycles. The van der Waals surface area contributed by atoms with Crippen molar-refractivity contribution in [3.63, 3.8) is 0 Å².